The van der Waals surface area contributed by atoms with Crippen LogP contribution in [0.15, 0.2) is 42.6 Å². The van der Waals surface area contributed by atoms with Gasteiger partial charge in [0.2, 0.25) is 0 Å². The van der Waals surface area contributed by atoms with Crippen molar-refractivity contribution in [2.75, 3.05) is 34.8 Å². The highest BCUT2D eigenvalue weighted by atomic mass is 35.5. The van der Waals surface area contributed by atoms with Crippen molar-refractivity contribution in [3.05, 3.63) is 58.9 Å². The van der Waals surface area contributed by atoms with Crippen LogP contribution in [0.3, 0.4) is 0 Å². The highest BCUT2D eigenvalue weighted by Crippen LogP contribution is 2.32. The Morgan fingerprint density at radius 1 is 1.17 bits per heavy atom. The summed E-state index contributed by atoms with van der Waals surface area (Å²) >= 11 is 6.46. The van der Waals surface area contributed by atoms with Gasteiger partial charge in [-0.25, -0.2) is 13.4 Å². The highest BCUT2D eigenvalue weighted by Gasteiger charge is 2.23. The number of hydrogen-bond donors (Lipinski definition) is 2. The molecule has 8 nitrogen and oxygen atoms in total. The Bertz CT molecular complexity index is 1160. The van der Waals surface area contributed by atoms with Crippen LogP contribution >= 0.6 is 11.6 Å². The van der Waals surface area contributed by atoms with Gasteiger partial charge in [0.1, 0.15) is 11.4 Å². The minimum atomic E-state index is -2.96. The number of nitrogens with zero attached hydrogens (tertiary/aromatic N) is 3. The van der Waals surface area contributed by atoms with Crippen molar-refractivity contribution in [3.8, 4) is 11.4 Å². The summed E-state index contributed by atoms with van der Waals surface area (Å²) in [7, 11) is -2.96. The van der Waals surface area contributed by atoms with Gasteiger partial charge in [-0.05, 0) is 42.8 Å². The molecule has 1 aliphatic heterocycles. The zero-order chi connectivity index (χ0) is 21.3. The molecule has 0 atom stereocenters. The quantitative estimate of drug-likeness (QED) is 0.639. The van der Waals surface area contributed by atoms with Gasteiger partial charge in [0.15, 0.2) is 9.84 Å². The summed E-state index contributed by atoms with van der Waals surface area (Å²) in [4.78, 5) is 19.1. The Morgan fingerprint density at radius 2 is 1.93 bits per heavy atom. The predicted octanol–water partition coefficient (Wildman–Crippen LogP) is 2.92. The van der Waals surface area contributed by atoms with E-state index in [2.05, 4.69) is 20.5 Å². The number of sulfone groups is 1. The summed E-state index contributed by atoms with van der Waals surface area (Å²) in [6, 6.07) is 10.6. The van der Waals surface area contributed by atoms with Gasteiger partial charge >= 0.3 is 0 Å². The van der Waals surface area contributed by atoms with Crippen molar-refractivity contribution in [2.24, 2.45) is 0 Å². The van der Waals surface area contributed by atoms with Crippen LogP contribution < -0.4 is 10.2 Å². The molecule has 2 aromatic heterocycles. The van der Waals surface area contributed by atoms with E-state index >= 15 is 0 Å². The number of halogens is 1. The molecule has 10 heteroatoms. The molecule has 4 rings (SSSR count). The lowest BCUT2D eigenvalue weighted by Gasteiger charge is -2.29. The number of carbonyl (C=O) groups excluding carboxylic acids is 1. The molecule has 1 saturated heterocycles. The zero-order valence-electron chi connectivity index (χ0n) is 16.2. The van der Waals surface area contributed by atoms with E-state index in [4.69, 9.17) is 11.6 Å². The van der Waals surface area contributed by atoms with E-state index in [1.54, 1.807) is 36.5 Å². The van der Waals surface area contributed by atoms with Crippen LogP contribution in [0.1, 0.15) is 16.1 Å². The van der Waals surface area contributed by atoms with Gasteiger partial charge in [-0.3, -0.25) is 9.89 Å². The first-order valence-electron chi connectivity index (χ1n) is 9.36. The van der Waals surface area contributed by atoms with Crippen LogP contribution in [-0.2, 0) is 9.84 Å². The van der Waals surface area contributed by atoms with Crippen molar-refractivity contribution in [1.82, 2.24) is 15.2 Å². The Kier molecular flexibility index (Phi) is 5.48. The summed E-state index contributed by atoms with van der Waals surface area (Å²) in [6.07, 6.45) is 1.69. The molecule has 2 N–H and O–H groups in total. The fraction of sp³-hybridized carbons (Fsp3) is 0.250. The molecule has 1 aromatic carbocycles. The van der Waals surface area contributed by atoms with Crippen LogP contribution in [-0.4, -0.2) is 54.1 Å². The fourth-order valence-electron chi connectivity index (χ4n) is 3.32. The average molecular weight is 446 g/mol. The maximum Gasteiger partial charge on any atom is 0.274 e. The van der Waals surface area contributed by atoms with Gasteiger partial charge < -0.3 is 10.2 Å². The number of aromatic nitrogens is 3. The first-order chi connectivity index (χ1) is 14.3. The van der Waals surface area contributed by atoms with E-state index in [1.165, 1.54) is 0 Å². The lowest BCUT2D eigenvalue weighted by Crippen LogP contribution is -2.40. The van der Waals surface area contributed by atoms with Crippen LogP contribution in [0.2, 0.25) is 5.02 Å². The number of amides is 1. The topological polar surface area (TPSA) is 108 Å². The molecule has 0 saturated carbocycles. The molecular formula is C20H20ClN5O3S. The van der Waals surface area contributed by atoms with Gasteiger partial charge in [0.05, 0.1) is 27.9 Å². The van der Waals surface area contributed by atoms with Crippen molar-refractivity contribution < 1.29 is 13.2 Å². The second kappa shape index (κ2) is 8.08. The summed E-state index contributed by atoms with van der Waals surface area (Å²) in [5.74, 6) is -0.130. The van der Waals surface area contributed by atoms with Crippen LogP contribution in [0.4, 0.5) is 11.4 Å². The largest absolute Gasteiger partial charge is 0.369 e. The molecule has 1 amide bonds. The predicted molar refractivity (Wildman–Crippen MR) is 117 cm³/mol. The highest BCUT2D eigenvalue weighted by molar-refractivity contribution is 7.91. The van der Waals surface area contributed by atoms with Gasteiger partial charge in [-0.15, -0.1) is 0 Å². The Labute approximate surface area is 179 Å². The number of aryl methyl sites for hydroxylation is 1. The summed E-state index contributed by atoms with van der Waals surface area (Å²) in [5.41, 5.74) is 3.60. The first-order valence-corrected chi connectivity index (χ1v) is 11.6. The first kappa shape index (κ1) is 20.4. The van der Waals surface area contributed by atoms with E-state index in [9.17, 15) is 13.2 Å². The van der Waals surface area contributed by atoms with Crippen molar-refractivity contribution in [3.63, 3.8) is 0 Å². The third kappa shape index (κ3) is 4.31. The Hall–Kier alpha value is -2.91. The van der Waals surface area contributed by atoms with E-state index in [0.717, 1.165) is 11.3 Å². The van der Waals surface area contributed by atoms with Crippen molar-refractivity contribution >= 4 is 38.7 Å². The standard InChI is InChI=1S/C20H20ClN5O3S/c1-13-11-14(26-7-9-30(28,29)10-8-26)12-15(21)19(13)24-20(27)18-4-2-3-16(23-18)17-5-6-22-25-17/h2-6,11-12H,7-10H2,1H3,(H,22,25)(H,24,27). The smallest absolute Gasteiger partial charge is 0.274 e. The zero-order valence-corrected chi connectivity index (χ0v) is 17.8. The monoisotopic (exact) mass is 445 g/mol. The SMILES string of the molecule is Cc1cc(N2CCS(=O)(=O)CC2)cc(Cl)c1NC(=O)c1cccc(-c2cc[nH]n2)n1. The number of anilines is 2. The molecule has 1 aliphatic rings. The molecule has 3 aromatic rings. The molecule has 0 aliphatic carbocycles. The van der Waals surface area contributed by atoms with E-state index < -0.39 is 9.84 Å². The summed E-state index contributed by atoms with van der Waals surface area (Å²) in [5, 5.41) is 10.0. The molecule has 0 spiro atoms. The molecule has 156 valence electrons. The number of benzene rings is 1. The Morgan fingerprint density at radius 3 is 2.60 bits per heavy atom. The molecule has 0 radical (unpaired) electrons. The lowest BCUT2D eigenvalue weighted by atomic mass is 10.1. The molecular weight excluding hydrogens is 426 g/mol. The van der Waals surface area contributed by atoms with E-state index in [-0.39, 0.29) is 23.1 Å². The third-order valence-electron chi connectivity index (χ3n) is 4.97. The number of hydrogen-bond acceptors (Lipinski definition) is 6. The number of carbonyl (C=O) groups is 1. The molecule has 30 heavy (non-hydrogen) atoms. The minimum Gasteiger partial charge on any atom is -0.369 e. The average Bonchev–Trinajstić information content (AvgIpc) is 3.25. The molecule has 3 heterocycles. The molecule has 0 bridgehead atoms. The number of nitrogens with one attached hydrogen (secondary N) is 2. The molecule has 1 fully saturated rings. The second-order valence-corrected chi connectivity index (χ2v) is 9.79. The lowest BCUT2D eigenvalue weighted by molar-refractivity contribution is 0.102. The fourth-order valence-corrected chi connectivity index (χ4v) is 4.83. The molecule has 0 unspecified atom stereocenters. The van der Waals surface area contributed by atoms with Crippen LogP contribution in [0, 0.1) is 6.92 Å². The number of aromatic amines is 1. The van der Waals surface area contributed by atoms with Gasteiger partial charge in [-0.1, -0.05) is 17.7 Å². The van der Waals surface area contributed by atoms with Gasteiger partial charge in [0, 0.05) is 25.0 Å². The van der Waals surface area contributed by atoms with Crippen LogP contribution in [0.5, 0.6) is 0 Å². The Balaban J connectivity index is 1.54. The van der Waals surface area contributed by atoms with E-state index in [1.807, 2.05) is 17.9 Å². The number of H-pyrrole nitrogens is 1. The summed E-state index contributed by atoms with van der Waals surface area (Å²) < 4.78 is 23.3. The maximum atomic E-state index is 12.8. The van der Waals surface area contributed by atoms with Crippen molar-refractivity contribution in [1.29, 1.82) is 0 Å². The third-order valence-corrected chi connectivity index (χ3v) is 6.87. The summed E-state index contributed by atoms with van der Waals surface area (Å²) in [6.45, 7) is 2.70. The number of pyridine rings is 1. The minimum absolute atomic E-state index is 0.125. The van der Waals surface area contributed by atoms with Crippen molar-refractivity contribution in [2.45, 2.75) is 6.92 Å². The van der Waals surface area contributed by atoms with Gasteiger partial charge in [0.25, 0.3) is 5.91 Å². The normalized spacial score (nSPS) is 15.7. The number of rotatable bonds is 4. The second-order valence-electron chi connectivity index (χ2n) is 7.08. The van der Waals surface area contributed by atoms with Gasteiger partial charge in [-0.2, -0.15) is 5.10 Å². The van der Waals surface area contributed by atoms with Crippen LogP contribution in [0.25, 0.3) is 11.4 Å². The maximum absolute atomic E-state index is 12.8. The van der Waals surface area contributed by atoms with E-state index in [0.29, 0.717) is 35.2 Å².